The molecule has 0 fully saturated rings. The number of aryl methyl sites for hydroxylation is 1. The molecule has 0 spiro atoms. The highest BCUT2D eigenvalue weighted by molar-refractivity contribution is 7.90. The lowest BCUT2D eigenvalue weighted by atomic mass is 10.1. The second-order valence-corrected chi connectivity index (χ2v) is 8.09. The van der Waals surface area contributed by atoms with E-state index in [1.54, 1.807) is 18.2 Å². The number of fused-ring (bicyclic) bond motifs is 1. The first-order valence-electron chi connectivity index (χ1n) is 8.76. The SMILES string of the molecule is Cc1ccc(-c2nc(COC(=O)CN=C3NS(=O)(=O)c4ccccc43)co2)cc1. The molecular formula is C20H17N3O5S. The molecule has 0 saturated heterocycles. The van der Waals surface area contributed by atoms with Crippen LogP contribution in [0.1, 0.15) is 16.8 Å². The molecule has 8 nitrogen and oxygen atoms in total. The zero-order valence-electron chi connectivity index (χ0n) is 15.5. The van der Waals surface area contributed by atoms with E-state index in [2.05, 4.69) is 14.7 Å². The van der Waals surface area contributed by atoms with Crippen LogP contribution in [0.25, 0.3) is 11.5 Å². The van der Waals surface area contributed by atoms with Gasteiger partial charge in [0.15, 0.2) is 0 Å². The fourth-order valence-corrected chi connectivity index (χ4v) is 4.05. The molecule has 1 aliphatic heterocycles. The molecule has 29 heavy (non-hydrogen) atoms. The Kier molecular flexibility index (Phi) is 4.89. The fourth-order valence-electron chi connectivity index (χ4n) is 2.80. The van der Waals surface area contributed by atoms with E-state index in [9.17, 15) is 13.2 Å². The minimum absolute atomic E-state index is 0.0681. The molecule has 0 unspecified atom stereocenters. The highest BCUT2D eigenvalue weighted by Crippen LogP contribution is 2.22. The lowest BCUT2D eigenvalue weighted by Gasteiger charge is -2.01. The van der Waals surface area contributed by atoms with Crippen molar-refractivity contribution in [2.75, 3.05) is 6.54 Å². The molecule has 0 amide bonds. The van der Waals surface area contributed by atoms with Gasteiger partial charge in [-0.25, -0.2) is 13.4 Å². The Labute approximate surface area is 167 Å². The number of nitrogens with one attached hydrogen (secondary N) is 1. The number of benzene rings is 2. The summed E-state index contributed by atoms with van der Waals surface area (Å²) in [5.74, 6) is -0.0464. The molecule has 0 saturated carbocycles. The van der Waals surface area contributed by atoms with Gasteiger partial charge in [0.1, 0.15) is 30.9 Å². The van der Waals surface area contributed by atoms with Crippen molar-refractivity contribution in [2.24, 2.45) is 4.99 Å². The van der Waals surface area contributed by atoms with Crippen LogP contribution in [0.2, 0.25) is 0 Å². The predicted octanol–water partition coefficient (Wildman–Crippen LogP) is 2.43. The summed E-state index contributed by atoms with van der Waals surface area (Å²) in [6.07, 6.45) is 1.43. The maximum atomic E-state index is 12.0. The molecule has 9 heteroatoms. The van der Waals surface area contributed by atoms with Crippen molar-refractivity contribution in [3.63, 3.8) is 0 Å². The van der Waals surface area contributed by atoms with Crippen molar-refractivity contribution >= 4 is 21.8 Å². The van der Waals surface area contributed by atoms with E-state index in [1.165, 1.54) is 12.3 Å². The molecule has 148 valence electrons. The Balaban J connectivity index is 1.37. The van der Waals surface area contributed by atoms with Crippen LogP contribution < -0.4 is 4.72 Å². The second-order valence-electron chi connectivity index (χ2n) is 6.44. The maximum Gasteiger partial charge on any atom is 0.328 e. The topological polar surface area (TPSA) is 111 Å². The van der Waals surface area contributed by atoms with Crippen molar-refractivity contribution in [1.29, 1.82) is 0 Å². The third kappa shape index (κ3) is 4.04. The van der Waals surface area contributed by atoms with E-state index in [-0.39, 0.29) is 23.9 Å². The molecule has 0 atom stereocenters. The zero-order chi connectivity index (χ0) is 20.4. The summed E-state index contributed by atoms with van der Waals surface area (Å²) in [4.78, 5) is 20.5. The summed E-state index contributed by atoms with van der Waals surface area (Å²) in [5, 5.41) is 0. The lowest BCUT2D eigenvalue weighted by Crippen LogP contribution is -2.23. The average Bonchev–Trinajstić information content (AvgIpc) is 3.28. The molecule has 2 heterocycles. The maximum absolute atomic E-state index is 12.0. The van der Waals surface area contributed by atoms with Gasteiger partial charge < -0.3 is 9.15 Å². The number of ether oxygens (including phenoxy) is 1. The summed E-state index contributed by atoms with van der Waals surface area (Å²) in [6, 6.07) is 14.1. The number of nitrogens with zero attached hydrogens (tertiary/aromatic N) is 2. The number of carbonyl (C=O) groups is 1. The van der Waals surface area contributed by atoms with Crippen molar-refractivity contribution in [1.82, 2.24) is 9.71 Å². The van der Waals surface area contributed by atoms with Crippen LogP contribution in [-0.2, 0) is 26.2 Å². The normalized spacial score (nSPS) is 15.7. The molecule has 0 aliphatic carbocycles. The first kappa shape index (κ1) is 18.9. The Hall–Kier alpha value is -3.46. The van der Waals surface area contributed by atoms with E-state index in [1.807, 2.05) is 31.2 Å². The minimum Gasteiger partial charge on any atom is -0.458 e. The fraction of sp³-hybridized carbons (Fsp3) is 0.150. The van der Waals surface area contributed by atoms with Crippen LogP contribution in [0.3, 0.4) is 0 Å². The third-order valence-corrected chi connectivity index (χ3v) is 5.66. The van der Waals surface area contributed by atoms with Crippen LogP contribution in [0.15, 0.2) is 69.1 Å². The average molecular weight is 411 g/mol. The largest absolute Gasteiger partial charge is 0.458 e. The van der Waals surface area contributed by atoms with Gasteiger partial charge in [-0.05, 0) is 31.2 Å². The van der Waals surface area contributed by atoms with Crippen molar-refractivity contribution in [3.05, 3.63) is 71.6 Å². The van der Waals surface area contributed by atoms with Crippen LogP contribution >= 0.6 is 0 Å². The number of aliphatic imine (C=N–C) groups is 1. The number of amidine groups is 1. The number of sulfonamides is 1. The molecule has 1 aromatic heterocycles. The molecule has 3 aromatic rings. The van der Waals surface area contributed by atoms with Gasteiger partial charge in [0.05, 0.1) is 4.90 Å². The highest BCUT2D eigenvalue weighted by atomic mass is 32.2. The van der Waals surface area contributed by atoms with Gasteiger partial charge in [0.25, 0.3) is 10.0 Å². The van der Waals surface area contributed by atoms with Crippen LogP contribution in [0.5, 0.6) is 0 Å². The summed E-state index contributed by atoms with van der Waals surface area (Å²) >= 11 is 0. The molecule has 0 bridgehead atoms. The van der Waals surface area contributed by atoms with Gasteiger partial charge in [0, 0.05) is 11.1 Å². The van der Waals surface area contributed by atoms with E-state index in [4.69, 9.17) is 9.15 Å². The number of oxazole rings is 1. The van der Waals surface area contributed by atoms with Crippen molar-refractivity contribution in [3.8, 4) is 11.5 Å². The van der Waals surface area contributed by atoms with Gasteiger partial charge in [-0.2, -0.15) is 0 Å². The summed E-state index contributed by atoms with van der Waals surface area (Å²) in [6.45, 7) is 1.60. The minimum atomic E-state index is -3.64. The number of hydrogen-bond acceptors (Lipinski definition) is 7. The predicted molar refractivity (Wildman–Crippen MR) is 105 cm³/mol. The Morgan fingerprint density at radius 2 is 1.93 bits per heavy atom. The standard InChI is InChI=1S/C20H17N3O5S/c1-13-6-8-14(9-7-13)20-22-15(12-28-20)11-27-18(24)10-21-19-16-4-2-3-5-17(16)29(25,26)23-19/h2-9,12H,10-11H2,1H3,(H,21,23). The highest BCUT2D eigenvalue weighted by Gasteiger charge is 2.30. The summed E-state index contributed by atoms with van der Waals surface area (Å²) < 4.78 is 37.0. The third-order valence-electron chi connectivity index (χ3n) is 4.26. The first-order chi connectivity index (χ1) is 13.9. The molecule has 1 N–H and O–H groups in total. The van der Waals surface area contributed by atoms with Gasteiger partial charge in [-0.1, -0.05) is 29.8 Å². The quantitative estimate of drug-likeness (QED) is 0.646. The van der Waals surface area contributed by atoms with Crippen LogP contribution in [-0.4, -0.2) is 31.8 Å². The Morgan fingerprint density at radius 3 is 2.72 bits per heavy atom. The first-order valence-corrected chi connectivity index (χ1v) is 10.2. The monoisotopic (exact) mass is 411 g/mol. The molecular weight excluding hydrogens is 394 g/mol. The van der Waals surface area contributed by atoms with E-state index >= 15 is 0 Å². The molecule has 2 aromatic carbocycles. The Bertz CT molecular complexity index is 1200. The van der Waals surface area contributed by atoms with Crippen LogP contribution in [0.4, 0.5) is 0 Å². The Morgan fingerprint density at radius 1 is 1.17 bits per heavy atom. The number of carbonyl (C=O) groups excluding carboxylic acids is 1. The van der Waals surface area contributed by atoms with E-state index in [0.29, 0.717) is 17.1 Å². The number of esters is 1. The molecule has 4 rings (SSSR count). The van der Waals surface area contributed by atoms with E-state index < -0.39 is 16.0 Å². The van der Waals surface area contributed by atoms with Crippen LogP contribution in [0, 0.1) is 6.92 Å². The smallest absolute Gasteiger partial charge is 0.328 e. The van der Waals surface area contributed by atoms with Crippen molar-refractivity contribution in [2.45, 2.75) is 18.4 Å². The lowest BCUT2D eigenvalue weighted by molar-refractivity contribution is -0.143. The second kappa shape index (κ2) is 7.51. The van der Waals surface area contributed by atoms with E-state index in [0.717, 1.165) is 11.1 Å². The van der Waals surface area contributed by atoms with Gasteiger partial charge in [-0.3, -0.25) is 14.5 Å². The van der Waals surface area contributed by atoms with Gasteiger partial charge >= 0.3 is 5.97 Å². The summed E-state index contributed by atoms with van der Waals surface area (Å²) in [7, 11) is -3.64. The summed E-state index contributed by atoms with van der Waals surface area (Å²) in [5.41, 5.74) is 2.85. The molecule has 0 radical (unpaired) electrons. The van der Waals surface area contributed by atoms with Gasteiger partial charge in [-0.15, -0.1) is 0 Å². The molecule has 1 aliphatic rings. The van der Waals surface area contributed by atoms with Gasteiger partial charge in [0.2, 0.25) is 5.89 Å². The number of aromatic nitrogens is 1. The number of hydrogen-bond donors (Lipinski definition) is 1. The number of rotatable bonds is 5. The zero-order valence-corrected chi connectivity index (χ0v) is 16.3. The van der Waals surface area contributed by atoms with Crippen molar-refractivity contribution < 1.29 is 22.4 Å².